The molecule has 1 aliphatic carbocycles. The SMILES string of the molecule is CCc1ncnc(N[C@H]2CC[C@@H](C(C)(C)CC(C)(C)C)CC2)c1OC. The zero-order valence-corrected chi connectivity index (χ0v) is 17.3. The number of ether oxygens (including phenoxy) is 1. The molecule has 25 heavy (non-hydrogen) atoms. The first-order valence-electron chi connectivity index (χ1n) is 9.80. The average Bonchev–Trinajstić information content (AvgIpc) is 2.53. The van der Waals surface area contributed by atoms with E-state index in [1.54, 1.807) is 13.4 Å². The second-order valence-electron chi connectivity index (χ2n) is 9.47. The van der Waals surface area contributed by atoms with Crippen LogP contribution >= 0.6 is 0 Å². The predicted molar refractivity (Wildman–Crippen MR) is 105 cm³/mol. The van der Waals surface area contributed by atoms with Crippen molar-refractivity contribution in [1.29, 1.82) is 0 Å². The van der Waals surface area contributed by atoms with Gasteiger partial charge < -0.3 is 10.1 Å². The summed E-state index contributed by atoms with van der Waals surface area (Å²) < 4.78 is 5.55. The third kappa shape index (κ3) is 5.32. The van der Waals surface area contributed by atoms with Gasteiger partial charge in [0.25, 0.3) is 0 Å². The van der Waals surface area contributed by atoms with Crippen molar-refractivity contribution in [3.63, 3.8) is 0 Å². The fourth-order valence-corrected chi connectivity index (χ4v) is 4.70. The topological polar surface area (TPSA) is 47.0 Å². The van der Waals surface area contributed by atoms with Gasteiger partial charge >= 0.3 is 0 Å². The number of aromatic nitrogens is 2. The molecule has 4 heteroatoms. The van der Waals surface area contributed by atoms with Gasteiger partial charge in [-0.3, -0.25) is 0 Å². The summed E-state index contributed by atoms with van der Waals surface area (Å²) in [4.78, 5) is 8.75. The van der Waals surface area contributed by atoms with Crippen LogP contribution in [0.15, 0.2) is 6.33 Å². The van der Waals surface area contributed by atoms with Gasteiger partial charge in [0.2, 0.25) is 0 Å². The number of anilines is 1. The molecule has 0 spiro atoms. The molecule has 0 aromatic carbocycles. The molecule has 1 aliphatic rings. The van der Waals surface area contributed by atoms with Gasteiger partial charge in [-0.05, 0) is 55.3 Å². The van der Waals surface area contributed by atoms with Crippen molar-refractivity contribution in [3.05, 3.63) is 12.0 Å². The van der Waals surface area contributed by atoms with Crippen LogP contribution in [0.1, 0.15) is 79.3 Å². The number of aryl methyl sites for hydroxylation is 1. The van der Waals surface area contributed by atoms with E-state index in [1.165, 1.54) is 32.1 Å². The quantitative estimate of drug-likeness (QED) is 0.740. The molecule has 0 unspecified atom stereocenters. The Morgan fingerprint density at radius 1 is 1.08 bits per heavy atom. The van der Waals surface area contributed by atoms with Crippen molar-refractivity contribution in [2.45, 2.75) is 86.1 Å². The van der Waals surface area contributed by atoms with Gasteiger partial charge in [0, 0.05) is 6.04 Å². The van der Waals surface area contributed by atoms with Crippen molar-refractivity contribution in [1.82, 2.24) is 9.97 Å². The molecule has 1 saturated carbocycles. The van der Waals surface area contributed by atoms with Gasteiger partial charge in [-0.2, -0.15) is 0 Å². The molecule has 1 aromatic heterocycles. The normalized spacial score (nSPS) is 21.9. The molecule has 142 valence electrons. The summed E-state index contributed by atoms with van der Waals surface area (Å²) in [5.74, 6) is 2.47. The molecule has 1 N–H and O–H groups in total. The van der Waals surface area contributed by atoms with E-state index in [0.717, 1.165) is 29.6 Å². The number of hydrogen-bond acceptors (Lipinski definition) is 4. The molecule has 4 nitrogen and oxygen atoms in total. The molecule has 0 aliphatic heterocycles. The van der Waals surface area contributed by atoms with Gasteiger partial charge in [0.1, 0.15) is 6.33 Å². The minimum Gasteiger partial charge on any atom is -0.491 e. The van der Waals surface area contributed by atoms with Gasteiger partial charge in [-0.15, -0.1) is 0 Å². The van der Waals surface area contributed by atoms with Crippen molar-refractivity contribution in [2.24, 2.45) is 16.7 Å². The Bertz CT molecular complexity index is 555. The van der Waals surface area contributed by atoms with Gasteiger partial charge in [0.15, 0.2) is 11.6 Å². The molecular formula is C21H37N3O. The zero-order valence-electron chi connectivity index (χ0n) is 17.3. The van der Waals surface area contributed by atoms with Gasteiger partial charge in [-0.1, -0.05) is 41.5 Å². The molecule has 1 aromatic rings. The van der Waals surface area contributed by atoms with E-state index in [1.807, 2.05) is 0 Å². The lowest BCUT2D eigenvalue weighted by atomic mass is 9.64. The van der Waals surface area contributed by atoms with Crippen LogP contribution in [0.3, 0.4) is 0 Å². The summed E-state index contributed by atoms with van der Waals surface area (Å²) in [6.07, 6.45) is 8.75. The first-order valence-corrected chi connectivity index (χ1v) is 9.80. The third-order valence-electron chi connectivity index (χ3n) is 5.58. The number of rotatable bonds is 6. The van der Waals surface area contributed by atoms with Crippen LogP contribution in [0.2, 0.25) is 0 Å². The van der Waals surface area contributed by atoms with Crippen LogP contribution in [0.25, 0.3) is 0 Å². The van der Waals surface area contributed by atoms with E-state index >= 15 is 0 Å². The van der Waals surface area contributed by atoms with Crippen molar-refractivity contribution >= 4 is 5.82 Å². The van der Waals surface area contributed by atoms with Crippen LogP contribution in [0.4, 0.5) is 5.82 Å². The maximum Gasteiger partial charge on any atom is 0.182 e. The molecule has 1 heterocycles. The molecule has 2 rings (SSSR count). The molecule has 0 atom stereocenters. The van der Waals surface area contributed by atoms with E-state index in [4.69, 9.17) is 4.74 Å². The van der Waals surface area contributed by atoms with Crippen molar-refractivity contribution in [3.8, 4) is 5.75 Å². The Balaban J connectivity index is 1.97. The number of nitrogens with zero attached hydrogens (tertiary/aromatic N) is 2. The highest BCUT2D eigenvalue weighted by Gasteiger charge is 2.36. The summed E-state index contributed by atoms with van der Waals surface area (Å²) in [6.45, 7) is 14.1. The maximum absolute atomic E-state index is 5.55. The van der Waals surface area contributed by atoms with Crippen LogP contribution in [-0.4, -0.2) is 23.1 Å². The highest BCUT2D eigenvalue weighted by Crippen LogP contribution is 2.45. The summed E-state index contributed by atoms with van der Waals surface area (Å²) in [5, 5.41) is 3.62. The molecule has 1 fully saturated rings. The number of nitrogens with one attached hydrogen (secondary N) is 1. The molecule has 0 amide bonds. The van der Waals surface area contributed by atoms with Crippen molar-refractivity contribution < 1.29 is 4.74 Å². The number of methoxy groups -OCH3 is 1. The average molecular weight is 348 g/mol. The standard InChI is InChI=1S/C21H37N3O/c1-8-17-18(25-7)19(23-14-22-17)24-16-11-9-15(10-12-16)21(5,6)13-20(2,3)4/h14-16H,8-13H2,1-7H3,(H,22,23,24)/t15-,16+. The van der Waals surface area contributed by atoms with E-state index in [2.05, 4.69) is 56.8 Å². The summed E-state index contributed by atoms with van der Waals surface area (Å²) in [7, 11) is 1.70. The lowest BCUT2D eigenvalue weighted by molar-refractivity contribution is 0.0968. The molecule has 0 bridgehead atoms. The lowest BCUT2D eigenvalue weighted by Crippen LogP contribution is -2.35. The van der Waals surface area contributed by atoms with Gasteiger partial charge in [-0.25, -0.2) is 9.97 Å². The first kappa shape index (κ1) is 20.0. The Morgan fingerprint density at radius 3 is 2.24 bits per heavy atom. The third-order valence-corrected chi connectivity index (χ3v) is 5.58. The maximum atomic E-state index is 5.55. The van der Waals surface area contributed by atoms with Gasteiger partial charge in [0.05, 0.1) is 12.8 Å². The Morgan fingerprint density at radius 2 is 1.72 bits per heavy atom. The highest BCUT2D eigenvalue weighted by molar-refractivity contribution is 5.52. The summed E-state index contributed by atoms with van der Waals surface area (Å²) in [5.41, 5.74) is 1.77. The summed E-state index contributed by atoms with van der Waals surface area (Å²) >= 11 is 0. The van der Waals surface area contributed by atoms with Crippen molar-refractivity contribution in [2.75, 3.05) is 12.4 Å². The monoisotopic (exact) mass is 347 g/mol. The minimum absolute atomic E-state index is 0.392. The molecule has 0 saturated heterocycles. The highest BCUT2D eigenvalue weighted by atomic mass is 16.5. The van der Waals surface area contributed by atoms with E-state index < -0.39 is 0 Å². The predicted octanol–water partition coefficient (Wildman–Crippen LogP) is 5.48. The lowest BCUT2D eigenvalue weighted by Gasteiger charge is -2.43. The van der Waals surface area contributed by atoms with Crippen LogP contribution in [0.5, 0.6) is 5.75 Å². The second kappa shape index (κ2) is 7.92. The van der Waals surface area contributed by atoms with Crippen LogP contribution < -0.4 is 10.1 Å². The summed E-state index contributed by atoms with van der Waals surface area (Å²) in [6, 6.07) is 0.482. The second-order valence-corrected chi connectivity index (χ2v) is 9.47. The minimum atomic E-state index is 0.392. The smallest absolute Gasteiger partial charge is 0.182 e. The first-order chi connectivity index (χ1) is 11.7. The Hall–Kier alpha value is -1.32. The van der Waals surface area contributed by atoms with E-state index in [9.17, 15) is 0 Å². The fourth-order valence-electron chi connectivity index (χ4n) is 4.70. The largest absolute Gasteiger partial charge is 0.491 e. The Labute approximate surface area is 154 Å². The zero-order chi connectivity index (χ0) is 18.7. The number of hydrogen-bond donors (Lipinski definition) is 1. The van der Waals surface area contributed by atoms with Crippen LogP contribution in [0, 0.1) is 16.7 Å². The fraction of sp³-hybridized carbons (Fsp3) is 0.810. The molecular weight excluding hydrogens is 310 g/mol. The van der Waals surface area contributed by atoms with E-state index in [0.29, 0.717) is 16.9 Å². The molecule has 0 radical (unpaired) electrons. The van der Waals surface area contributed by atoms with Crippen LogP contribution in [-0.2, 0) is 6.42 Å². The Kier molecular flexibility index (Phi) is 6.34. The van der Waals surface area contributed by atoms with E-state index in [-0.39, 0.29) is 0 Å².